The average Bonchev–Trinajstić information content (AvgIpc) is 2.94. The fraction of sp³-hybridized carbons (Fsp3) is 0.556. The summed E-state index contributed by atoms with van der Waals surface area (Å²) < 4.78 is 5.36. The van der Waals surface area contributed by atoms with Gasteiger partial charge in [-0.2, -0.15) is 0 Å². The van der Waals surface area contributed by atoms with Gasteiger partial charge in [0.15, 0.2) is 0 Å². The fourth-order valence-corrected chi connectivity index (χ4v) is 2.59. The summed E-state index contributed by atoms with van der Waals surface area (Å²) in [4.78, 5) is 26.1. The van der Waals surface area contributed by atoms with Crippen LogP contribution in [-0.2, 0) is 20.9 Å². The van der Waals surface area contributed by atoms with Crippen LogP contribution in [-0.4, -0.2) is 29.9 Å². The molecule has 120 valence electrons. The summed E-state index contributed by atoms with van der Waals surface area (Å²) in [6, 6.07) is 9.64. The zero-order valence-corrected chi connectivity index (χ0v) is 13.7. The third kappa shape index (κ3) is 4.86. The molecule has 0 aliphatic carbocycles. The molecule has 0 spiro atoms. The first-order chi connectivity index (χ1) is 10.3. The summed E-state index contributed by atoms with van der Waals surface area (Å²) in [5, 5.41) is 0. The average molecular weight is 303 g/mol. The summed E-state index contributed by atoms with van der Waals surface area (Å²) >= 11 is 0. The highest BCUT2D eigenvalue weighted by Crippen LogP contribution is 2.24. The Hall–Kier alpha value is -1.84. The standard InChI is InChI=1S/C18H25NO3/c1-18(2,3)11-16(20)19-10-9-15(12-19)17(21)22-13-14-7-5-4-6-8-14/h4-8,15H,9-13H2,1-3H3/t15-/m1/s1. The van der Waals surface area contributed by atoms with E-state index in [9.17, 15) is 9.59 Å². The predicted molar refractivity (Wildman–Crippen MR) is 85.0 cm³/mol. The quantitative estimate of drug-likeness (QED) is 0.803. The molecule has 4 nitrogen and oxygen atoms in total. The van der Waals surface area contributed by atoms with Gasteiger partial charge in [-0.25, -0.2) is 0 Å². The number of benzene rings is 1. The maximum atomic E-state index is 12.2. The van der Waals surface area contributed by atoms with E-state index < -0.39 is 0 Å². The van der Waals surface area contributed by atoms with Crippen LogP contribution in [0.4, 0.5) is 0 Å². The SMILES string of the molecule is CC(C)(C)CC(=O)N1CC[C@@H](C(=O)OCc2ccccc2)C1. The number of carbonyl (C=O) groups excluding carboxylic acids is 2. The Morgan fingerprint density at radius 3 is 2.55 bits per heavy atom. The van der Waals surface area contributed by atoms with Gasteiger partial charge in [0.05, 0.1) is 5.92 Å². The number of carbonyl (C=O) groups is 2. The molecule has 0 unspecified atom stereocenters. The molecule has 1 atom stereocenters. The van der Waals surface area contributed by atoms with Crippen LogP contribution in [0.5, 0.6) is 0 Å². The van der Waals surface area contributed by atoms with E-state index in [4.69, 9.17) is 4.74 Å². The Kier molecular flexibility index (Phi) is 5.22. The fourth-order valence-electron chi connectivity index (χ4n) is 2.59. The van der Waals surface area contributed by atoms with Gasteiger partial charge in [0, 0.05) is 19.5 Å². The third-order valence-corrected chi connectivity index (χ3v) is 3.78. The number of hydrogen-bond acceptors (Lipinski definition) is 3. The first-order valence-electron chi connectivity index (χ1n) is 7.83. The second-order valence-electron chi connectivity index (χ2n) is 7.16. The molecule has 4 heteroatoms. The molecule has 0 saturated carbocycles. The zero-order valence-electron chi connectivity index (χ0n) is 13.7. The molecule has 1 aliphatic heterocycles. The topological polar surface area (TPSA) is 46.6 Å². The van der Waals surface area contributed by atoms with Gasteiger partial charge in [0.1, 0.15) is 6.61 Å². The number of likely N-dealkylation sites (tertiary alicyclic amines) is 1. The van der Waals surface area contributed by atoms with Crippen molar-refractivity contribution in [3.8, 4) is 0 Å². The van der Waals surface area contributed by atoms with Crippen molar-refractivity contribution >= 4 is 11.9 Å². The molecule has 1 saturated heterocycles. The highest BCUT2D eigenvalue weighted by Gasteiger charge is 2.33. The zero-order chi connectivity index (χ0) is 16.2. The van der Waals surface area contributed by atoms with Crippen LogP contribution in [0.3, 0.4) is 0 Å². The van der Waals surface area contributed by atoms with E-state index >= 15 is 0 Å². The van der Waals surface area contributed by atoms with E-state index in [0.717, 1.165) is 5.56 Å². The molecular formula is C18H25NO3. The van der Waals surface area contributed by atoms with Crippen LogP contribution in [0.2, 0.25) is 0 Å². The van der Waals surface area contributed by atoms with Gasteiger partial charge in [-0.15, -0.1) is 0 Å². The normalized spacial score (nSPS) is 18.3. The number of esters is 1. The molecule has 22 heavy (non-hydrogen) atoms. The van der Waals surface area contributed by atoms with Gasteiger partial charge >= 0.3 is 5.97 Å². The molecule has 1 heterocycles. The maximum Gasteiger partial charge on any atom is 0.311 e. The lowest BCUT2D eigenvalue weighted by atomic mass is 9.92. The first kappa shape index (κ1) is 16.5. The second kappa shape index (κ2) is 6.95. The Labute approximate surface area is 132 Å². The predicted octanol–water partition coefficient (Wildman–Crippen LogP) is 3.01. The first-order valence-corrected chi connectivity index (χ1v) is 7.83. The highest BCUT2D eigenvalue weighted by atomic mass is 16.5. The molecule has 0 aromatic heterocycles. The molecule has 0 bridgehead atoms. The summed E-state index contributed by atoms with van der Waals surface area (Å²) in [5.74, 6) is -0.256. The van der Waals surface area contributed by atoms with E-state index in [1.165, 1.54) is 0 Å². The number of hydrogen-bond donors (Lipinski definition) is 0. The van der Waals surface area contributed by atoms with Gasteiger partial charge < -0.3 is 9.64 Å². The van der Waals surface area contributed by atoms with Crippen molar-refractivity contribution in [2.45, 2.75) is 40.2 Å². The van der Waals surface area contributed by atoms with Crippen LogP contribution in [0.25, 0.3) is 0 Å². The molecule has 1 aliphatic rings. The minimum Gasteiger partial charge on any atom is -0.461 e. The number of nitrogens with zero attached hydrogens (tertiary/aromatic N) is 1. The van der Waals surface area contributed by atoms with Crippen molar-refractivity contribution in [3.63, 3.8) is 0 Å². The summed E-state index contributed by atoms with van der Waals surface area (Å²) in [6.07, 6.45) is 1.21. The van der Waals surface area contributed by atoms with Gasteiger partial charge in [-0.3, -0.25) is 9.59 Å². The molecule has 0 radical (unpaired) electrons. The van der Waals surface area contributed by atoms with E-state index in [1.54, 1.807) is 4.90 Å². The Bertz CT molecular complexity index is 519. The molecular weight excluding hydrogens is 278 g/mol. The summed E-state index contributed by atoms with van der Waals surface area (Å²) in [5.41, 5.74) is 0.956. The highest BCUT2D eigenvalue weighted by molar-refractivity contribution is 5.79. The lowest BCUT2D eigenvalue weighted by Gasteiger charge is -2.22. The van der Waals surface area contributed by atoms with Gasteiger partial charge in [0.25, 0.3) is 0 Å². The van der Waals surface area contributed by atoms with Crippen LogP contribution >= 0.6 is 0 Å². The van der Waals surface area contributed by atoms with Crippen LogP contribution in [0.1, 0.15) is 39.2 Å². The third-order valence-electron chi connectivity index (χ3n) is 3.78. The van der Waals surface area contributed by atoms with Crippen LogP contribution < -0.4 is 0 Å². The van der Waals surface area contributed by atoms with Crippen molar-refractivity contribution < 1.29 is 14.3 Å². The van der Waals surface area contributed by atoms with Gasteiger partial charge in [-0.1, -0.05) is 51.1 Å². The van der Waals surface area contributed by atoms with Crippen LogP contribution in [0.15, 0.2) is 30.3 Å². The molecule has 1 amide bonds. The summed E-state index contributed by atoms with van der Waals surface area (Å²) in [7, 11) is 0. The lowest BCUT2D eigenvalue weighted by molar-refractivity contribution is -0.149. The minimum absolute atomic E-state index is 0.0248. The Morgan fingerprint density at radius 2 is 1.91 bits per heavy atom. The van der Waals surface area contributed by atoms with Crippen molar-refractivity contribution in [3.05, 3.63) is 35.9 Å². The van der Waals surface area contributed by atoms with Gasteiger partial charge in [-0.05, 0) is 17.4 Å². The number of amides is 1. The Morgan fingerprint density at radius 1 is 1.23 bits per heavy atom. The van der Waals surface area contributed by atoms with E-state index in [0.29, 0.717) is 32.5 Å². The number of rotatable bonds is 4. The molecule has 1 fully saturated rings. The number of ether oxygens (including phenoxy) is 1. The van der Waals surface area contributed by atoms with E-state index in [-0.39, 0.29) is 23.2 Å². The molecule has 2 rings (SSSR count). The second-order valence-corrected chi connectivity index (χ2v) is 7.16. The largest absolute Gasteiger partial charge is 0.461 e. The minimum atomic E-state index is -0.199. The molecule has 0 N–H and O–H groups in total. The van der Waals surface area contributed by atoms with Crippen molar-refractivity contribution in [1.29, 1.82) is 0 Å². The van der Waals surface area contributed by atoms with Crippen LogP contribution in [0, 0.1) is 11.3 Å². The van der Waals surface area contributed by atoms with E-state index in [1.807, 2.05) is 51.1 Å². The molecule has 1 aromatic rings. The van der Waals surface area contributed by atoms with Crippen molar-refractivity contribution in [2.24, 2.45) is 11.3 Å². The lowest BCUT2D eigenvalue weighted by Crippen LogP contribution is -2.32. The maximum absolute atomic E-state index is 12.2. The smallest absolute Gasteiger partial charge is 0.311 e. The Balaban J connectivity index is 1.80. The molecule has 1 aromatic carbocycles. The van der Waals surface area contributed by atoms with E-state index in [2.05, 4.69) is 0 Å². The van der Waals surface area contributed by atoms with Crippen molar-refractivity contribution in [1.82, 2.24) is 4.90 Å². The monoisotopic (exact) mass is 303 g/mol. The van der Waals surface area contributed by atoms with Crippen molar-refractivity contribution in [2.75, 3.05) is 13.1 Å². The summed E-state index contributed by atoms with van der Waals surface area (Å²) in [6.45, 7) is 7.58. The van der Waals surface area contributed by atoms with Gasteiger partial charge in [0.2, 0.25) is 5.91 Å².